The maximum Gasteiger partial charge on any atom is 0.338 e. The molecule has 0 bridgehead atoms. The molecule has 2 aliphatic heterocycles. The van der Waals surface area contributed by atoms with E-state index in [-0.39, 0.29) is 19.9 Å². The monoisotopic (exact) mass is 553 g/mol. The van der Waals surface area contributed by atoms with Crippen LogP contribution in [-0.4, -0.2) is 52.5 Å². The number of rotatable bonds is 5. The third-order valence-corrected chi connectivity index (χ3v) is 7.07. The Balaban J connectivity index is 1.48. The molecule has 0 spiro atoms. The van der Waals surface area contributed by atoms with Crippen LogP contribution < -0.4 is 15.6 Å². The Labute approximate surface area is 219 Å². The summed E-state index contributed by atoms with van der Waals surface area (Å²) in [6, 6.07) is 8.56. The van der Waals surface area contributed by atoms with E-state index >= 15 is 0 Å². The van der Waals surface area contributed by atoms with Gasteiger partial charge in [-0.05, 0) is 48.1 Å². The van der Waals surface area contributed by atoms with Gasteiger partial charge in [0.15, 0.2) is 4.32 Å². The lowest BCUT2D eigenvalue weighted by molar-refractivity contribution is -0.384. The van der Waals surface area contributed by atoms with Gasteiger partial charge in [-0.1, -0.05) is 41.0 Å². The number of nitro groups is 1. The van der Waals surface area contributed by atoms with Crippen molar-refractivity contribution in [1.29, 1.82) is 0 Å². The lowest BCUT2D eigenvalue weighted by Crippen LogP contribution is -2.46. The van der Waals surface area contributed by atoms with Gasteiger partial charge in [-0.15, -0.1) is 0 Å². The van der Waals surface area contributed by atoms with Gasteiger partial charge in [-0.25, -0.2) is 10.2 Å². The van der Waals surface area contributed by atoms with E-state index in [1.165, 1.54) is 24.3 Å². The van der Waals surface area contributed by atoms with E-state index in [0.29, 0.717) is 48.3 Å². The lowest BCUT2D eigenvalue weighted by atomic mass is 10.1. The summed E-state index contributed by atoms with van der Waals surface area (Å²) in [5.74, 6) is -0.566. The molecule has 0 unspecified atom stereocenters. The van der Waals surface area contributed by atoms with Gasteiger partial charge in [0, 0.05) is 24.8 Å². The first-order valence-corrected chi connectivity index (χ1v) is 12.1. The molecule has 0 radical (unpaired) electrons. The van der Waals surface area contributed by atoms with Gasteiger partial charge in [0.1, 0.15) is 5.69 Å². The van der Waals surface area contributed by atoms with Crippen molar-refractivity contribution in [3.05, 3.63) is 67.0 Å². The van der Waals surface area contributed by atoms with Crippen LogP contribution in [0.2, 0.25) is 10.0 Å². The van der Waals surface area contributed by atoms with Gasteiger partial charge in [-0.3, -0.25) is 14.9 Å². The van der Waals surface area contributed by atoms with Crippen LogP contribution in [0.5, 0.6) is 0 Å². The van der Waals surface area contributed by atoms with Crippen molar-refractivity contribution in [3.63, 3.8) is 0 Å². The van der Waals surface area contributed by atoms with E-state index in [1.54, 1.807) is 18.2 Å². The quantitative estimate of drug-likeness (QED) is 0.237. The van der Waals surface area contributed by atoms with Crippen LogP contribution in [0.1, 0.15) is 5.56 Å². The number of morpholine rings is 1. The Morgan fingerprint density at radius 3 is 2.60 bits per heavy atom. The van der Waals surface area contributed by atoms with Crippen molar-refractivity contribution in [1.82, 2.24) is 10.4 Å². The number of nitro benzene ring substituents is 1. The molecule has 2 saturated heterocycles. The summed E-state index contributed by atoms with van der Waals surface area (Å²) in [4.78, 5) is 38.5. The van der Waals surface area contributed by atoms with Gasteiger partial charge in [-0.2, -0.15) is 5.01 Å². The molecule has 0 atom stereocenters. The van der Waals surface area contributed by atoms with Gasteiger partial charge in [0.05, 0.1) is 33.1 Å². The predicted molar refractivity (Wildman–Crippen MR) is 140 cm³/mol. The molecule has 10 nitrogen and oxygen atoms in total. The molecule has 0 saturated carbocycles. The van der Waals surface area contributed by atoms with Gasteiger partial charge >= 0.3 is 6.03 Å². The van der Waals surface area contributed by atoms with Crippen LogP contribution in [0.25, 0.3) is 6.08 Å². The highest BCUT2D eigenvalue weighted by molar-refractivity contribution is 8.26. The summed E-state index contributed by atoms with van der Waals surface area (Å²) in [7, 11) is 0. The number of hydrazine groups is 1. The molecule has 35 heavy (non-hydrogen) atoms. The predicted octanol–water partition coefficient (Wildman–Crippen LogP) is 4.68. The second kappa shape index (κ2) is 10.8. The minimum Gasteiger partial charge on any atom is -0.378 e. The summed E-state index contributed by atoms with van der Waals surface area (Å²) >= 11 is 18.0. The molecule has 2 aromatic carbocycles. The van der Waals surface area contributed by atoms with E-state index in [0.717, 1.165) is 16.8 Å². The number of thiocarbonyl (C=S) groups is 1. The summed E-state index contributed by atoms with van der Waals surface area (Å²) in [5.41, 5.74) is 3.62. The number of ether oxygens (including phenoxy) is 1. The second-order valence-corrected chi connectivity index (χ2v) is 9.81. The van der Waals surface area contributed by atoms with Crippen LogP contribution >= 0.6 is 47.2 Å². The number of nitrogens with zero attached hydrogens (tertiary/aromatic N) is 3. The first-order chi connectivity index (χ1) is 16.7. The van der Waals surface area contributed by atoms with Crippen molar-refractivity contribution in [3.8, 4) is 0 Å². The van der Waals surface area contributed by atoms with Crippen LogP contribution in [0.4, 0.5) is 21.9 Å². The van der Waals surface area contributed by atoms with Crippen molar-refractivity contribution in [2.45, 2.75) is 0 Å². The summed E-state index contributed by atoms with van der Waals surface area (Å²) in [5, 5.41) is 15.7. The largest absolute Gasteiger partial charge is 0.378 e. The number of nitrogens with one attached hydrogen (secondary N) is 2. The maximum atomic E-state index is 12.9. The molecular formula is C21H17Cl2N5O5S2. The topological polar surface area (TPSA) is 117 Å². The average Bonchev–Trinajstić information content (AvgIpc) is 3.09. The number of carbonyl (C=O) groups is 2. The number of anilines is 2. The molecule has 2 aliphatic rings. The highest BCUT2D eigenvalue weighted by Gasteiger charge is 2.34. The molecule has 2 fully saturated rings. The number of thioether (sulfide) groups is 1. The molecule has 182 valence electrons. The van der Waals surface area contributed by atoms with Gasteiger partial charge < -0.3 is 15.0 Å². The Morgan fingerprint density at radius 1 is 1.17 bits per heavy atom. The smallest absolute Gasteiger partial charge is 0.338 e. The highest BCUT2D eigenvalue weighted by Crippen LogP contribution is 2.34. The molecular weight excluding hydrogens is 537 g/mol. The highest BCUT2D eigenvalue weighted by atomic mass is 35.5. The second-order valence-electron chi connectivity index (χ2n) is 7.32. The van der Waals surface area contributed by atoms with E-state index in [4.69, 9.17) is 40.2 Å². The van der Waals surface area contributed by atoms with E-state index in [9.17, 15) is 19.7 Å². The fraction of sp³-hybridized carbons (Fsp3) is 0.190. The average molecular weight is 554 g/mol. The molecule has 2 aromatic rings. The zero-order chi connectivity index (χ0) is 25.1. The Morgan fingerprint density at radius 2 is 1.91 bits per heavy atom. The fourth-order valence-corrected chi connectivity index (χ4v) is 4.88. The van der Waals surface area contributed by atoms with Crippen molar-refractivity contribution in [2.24, 2.45) is 0 Å². The van der Waals surface area contributed by atoms with Crippen LogP contribution in [0.15, 0.2) is 41.3 Å². The minimum absolute atomic E-state index is 0.0738. The molecule has 0 aliphatic carbocycles. The normalized spacial score (nSPS) is 17.1. The van der Waals surface area contributed by atoms with Crippen molar-refractivity contribution in [2.75, 3.05) is 36.5 Å². The summed E-state index contributed by atoms with van der Waals surface area (Å²) in [6.45, 7) is 2.09. The van der Waals surface area contributed by atoms with Crippen LogP contribution in [0.3, 0.4) is 0 Å². The Bertz CT molecular complexity index is 1250. The Hall–Kier alpha value is -2.90. The third-order valence-electron chi connectivity index (χ3n) is 5.03. The fourth-order valence-electron chi connectivity index (χ4n) is 3.40. The van der Waals surface area contributed by atoms with Crippen molar-refractivity contribution < 1.29 is 19.2 Å². The Kier molecular flexibility index (Phi) is 7.77. The lowest BCUT2D eigenvalue weighted by Gasteiger charge is -2.28. The molecule has 0 aromatic heterocycles. The number of urea groups is 1. The molecule has 2 N–H and O–H groups in total. The van der Waals surface area contributed by atoms with Gasteiger partial charge in [0.25, 0.3) is 11.6 Å². The number of hydrogen-bond acceptors (Lipinski definition) is 8. The summed E-state index contributed by atoms with van der Waals surface area (Å²) < 4.78 is 5.41. The number of carbonyl (C=O) groups excluding carboxylic acids is 2. The van der Waals surface area contributed by atoms with E-state index in [1.807, 2.05) is 4.90 Å². The van der Waals surface area contributed by atoms with E-state index < -0.39 is 16.9 Å². The number of amides is 3. The number of benzene rings is 2. The number of halogens is 2. The molecule has 2 heterocycles. The van der Waals surface area contributed by atoms with Crippen LogP contribution in [-0.2, 0) is 9.53 Å². The van der Waals surface area contributed by atoms with Crippen LogP contribution in [0, 0.1) is 10.1 Å². The first-order valence-electron chi connectivity index (χ1n) is 10.1. The molecule has 3 amide bonds. The zero-order valence-corrected chi connectivity index (χ0v) is 21.0. The maximum absolute atomic E-state index is 12.9. The van der Waals surface area contributed by atoms with E-state index in [2.05, 4.69) is 10.7 Å². The molecule has 14 heteroatoms. The standard InChI is InChI=1S/C21H17Cl2N5O5S2/c22-14-3-2-13(11-15(14)23)24-20(30)25-27-19(29)18(35-21(27)34)10-12-1-4-16(17(9-12)28(31)32)26-5-7-33-8-6-26/h1-4,9-11H,5-8H2,(H2,24,25,30)/b18-10-. The minimum atomic E-state index is -0.716. The van der Waals surface area contributed by atoms with Crippen molar-refractivity contribution >= 4 is 86.6 Å². The SMILES string of the molecule is O=C(Nc1ccc(Cl)c(Cl)c1)NN1C(=O)/C(=C/c2ccc(N3CCOCC3)c([N+](=O)[O-])c2)SC1=S. The summed E-state index contributed by atoms with van der Waals surface area (Å²) in [6.07, 6.45) is 1.49. The first kappa shape index (κ1) is 25.2. The van der Waals surface area contributed by atoms with Gasteiger partial charge in [0.2, 0.25) is 0 Å². The molecule has 4 rings (SSSR count). The third kappa shape index (κ3) is 5.85. The number of hydrogen-bond donors (Lipinski definition) is 2. The zero-order valence-electron chi connectivity index (χ0n) is 17.8.